The molecule has 0 fully saturated rings. The molecular weight excluding hydrogens is 298 g/mol. The van der Waals surface area contributed by atoms with Crippen LogP contribution in [-0.4, -0.2) is 38.4 Å². The number of hydrogen-bond acceptors (Lipinski definition) is 7. The summed E-state index contributed by atoms with van der Waals surface area (Å²) in [7, 11) is 0. The molecule has 21 heavy (non-hydrogen) atoms. The van der Waals surface area contributed by atoms with Crippen LogP contribution in [0.15, 0.2) is 18.2 Å². The minimum Gasteiger partial charge on any atom is -0.390 e. The molecule has 0 aromatic heterocycles. The number of carbonyl (C=O) groups is 2. The highest BCUT2D eigenvalue weighted by atomic mass is 32.2. The van der Waals surface area contributed by atoms with E-state index in [-0.39, 0.29) is 22.7 Å². The first-order valence-corrected chi connectivity index (χ1v) is 7.08. The molecule has 0 bridgehead atoms. The Bertz CT molecular complexity index is 547. The van der Waals surface area contributed by atoms with Crippen LogP contribution in [0.2, 0.25) is 0 Å². The number of hydrogen-bond donors (Lipinski definition) is 2. The largest absolute Gasteiger partial charge is 0.390 e. The quantitative estimate of drug-likeness (QED) is 0.444. The van der Waals surface area contributed by atoms with E-state index in [0.29, 0.717) is 12.0 Å². The molecule has 8 heteroatoms. The second-order valence-corrected chi connectivity index (χ2v) is 5.61. The Morgan fingerprint density at radius 1 is 1.48 bits per heavy atom. The molecule has 0 spiro atoms. The molecule has 0 radical (unpaired) electrons. The van der Waals surface area contributed by atoms with Gasteiger partial charge >= 0.3 is 0 Å². The van der Waals surface area contributed by atoms with Gasteiger partial charge in [-0.25, -0.2) is 0 Å². The molecule has 1 aromatic carbocycles. The van der Waals surface area contributed by atoms with Crippen LogP contribution in [0.1, 0.15) is 35.4 Å². The Kier molecular flexibility index (Phi) is 6.47. The van der Waals surface area contributed by atoms with E-state index in [1.807, 2.05) is 0 Å². The summed E-state index contributed by atoms with van der Waals surface area (Å²) in [5, 5.41) is 30.7. The van der Waals surface area contributed by atoms with Crippen LogP contribution < -0.4 is 0 Å². The van der Waals surface area contributed by atoms with Gasteiger partial charge in [-0.05, 0) is 12.5 Å². The number of benzene rings is 1. The lowest BCUT2D eigenvalue weighted by molar-refractivity contribution is -0.386. The summed E-state index contributed by atoms with van der Waals surface area (Å²) >= 11 is 0.999. The van der Waals surface area contributed by atoms with Gasteiger partial charge in [-0.2, -0.15) is 0 Å². The molecule has 2 unspecified atom stereocenters. The monoisotopic (exact) mass is 313 g/mol. The molecule has 0 saturated heterocycles. The molecule has 0 saturated carbocycles. The topological polar surface area (TPSA) is 118 Å². The number of carbonyl (C=O) groups excluding carboxylic acids is 2. The van der Waals surface area contributed by atoms with Crippen LogP contribution >= 0.6 is 11.8 Å². The molecule has 0 amide bonds. The number of nitro groups is 1. The van der Waals surface area contributed by atoms with Crippen LogP contribution in [0.3, 0.4) is 0 Å². The Hall–Kier alpha value is -1.77. The van der Waals surface area contributed by atoms with Gasteiger partial charge in [0.2, 0.25) is 0 Å². The summed E-state index contributed by atoms with van der Waals surface area (Å²) < 4.78 is 0. The summed E-state index contributed by atoms with van der Waals surface area (Å²) in [6.07, 6.45) is -2.13. The first kappa shape index (κ1) is 17.3. The van der Waals surface area contributed by atoms with E-state index in [1.165, 1.54) is 19.1 Å². The first-order valence-electron chi connectivity index (χ1n) is 6.09. The smallest absolute Gasteiger partial charge is 0.276 e. The van der Waals surface area contributed by atoms with E-state index in [2.05, 4.69) is 0 Å². The van der Waals surface area contributed by atoms with Crippen molar-refractivity contribution in [3.63, 3.8) is 0 Å². The lowest BCUT2D eigenvalue weighted by atomic mass is 9.99. The number of nitro benzene ring substituents is 1. The van der Waals surface area contributed by atoms with E-state index in [9.17, 15) is 29.9 Å². The van der Waals surface area contributed by atoms with Gasteiger partial charge in [0.25, 0.3) is 5.69 Å². The third kappa shape index (κ3) is 4.92. The van der Waals surface area contributed by atoms with Crippen molar-refractivity contribution in [1.29, 1.82) is 0 Å². The second-order valence-electron chi connectivity index (χ2n) is 4.33. The fourth-order valence-electron chi connectivity index (χ4n) is 1.73. The van der Waals surface area contributed by atoms with E-state index in [0.717, 1.165) is 17.8 Å². The third-order valence-electron chi connectivity index (χ3n) is 2.79. The van der Waals surface area contributed by atoms with Gasteiger partial charge in [-0.15, -0.1) is 0 Å². The molecule has 2 N–H and O–H groups in total. The molecule has 7 nitrogen and oxygen atoms in total. The lowest BCUT2D eigenvalue weighted by Crippen LogP contribution is -2.20. The van der Waals surface area contributed by atoms with Crippen LogP contribution in [0, 0.1) is 10.1 Å². The standard InChI is InChI=1S/C13H15NO6S/c1-8(16)21-5-4-12(17)13(18)10-3-2-9(7-15)6-11(10)14(19)20/h2-3,6-7,12-13,17-18H,4-5H2,1H3. The van der Waals surface area contributed by atoms with Crippen molar-refractivity contribution in [2.45, 2.75) is 25.6 Å². The van der Waals surface area contributed by atoms with Crippen molar-refractivity contribution in [2.75, 3.05) is 5.75 Å². The zero-order chi connectivity index (χ0) is 16.0. The minimum absolute atomic E-state index is 0.0640. The molecule has 0 aliphatic carbocycles. The average molecular weight is 313 g/mol. The number of rotatable bonds is 7. The van der Waals surface area contributed by atoms with Gasteiger partial charge in [0.15, 0.2) is 5.12 Å². The van der Waals surface area contributed by atoms with Gasteiger partial charge in [0.1, 0.15) is 12.4 Å². The third-order valence-corrected chi connectivity index (χ3v) is 3.64. The van der Waals surface area contributed by atoms with Gasteiger partial charge in [-0.1, -0.05) is 17.8 Å². The van der Waals surface area contributed by atoms with Crippen LogP contribution in [0.25, 0.3) is 0 Å². The maximum atomic E-state index is 11.0. The number of thioether (sulfide) groups is 1. The molecule has 114 valence electrons. The predicted molar refractivity (Wildman–Crippen MR) is 77.2 cm³/mol. The molecule has 0 aliphatic rings. The fourth-order valence-corrected chi connectivity index (χ4v) is 2.38. The van der Waals surface area contributed by atoms with Crippen LogP contribution in [0.5, 0.6) is 0 Å². The van der Waals surface area contributed by atoms with Gasteiger partial charge in [0, 0.05) is 24.3 Å². The van der Waals surface area contributed by atoms with Crippen LogP contribution in [-0.2, 0) is 4.79 Å². The molecular formula is C13H15NO6S. The van der Waals surface area contributed by atoms with Gasteiger partial charge in [0.05, 0.1) is 16.6 Å². The minimum atomic E-state index is -1.46. The number of aliphatic hydroxyl groups excluding tert-OH is 2. The molecule has 0 heterocycles. The predicted octanol–water partition coefficient (Wildman–Crippen LogP) is 1.47. The Morgan fingerprint density at radius 3 is 2.67 bits per heavy atom. The van der Waals surface area contributed by atoms with Crippen LogP contribution in [0.4, 0.5) is 5.69 Å². The SMILES string of the molecule is CC(=O)SCCC(O)C(O)c1ccc(C=O)cc1[N+](=O)[O-]. The molecule has 1 rings (SSSR count). The Morgan fingerprint density at radius 2 is 2.14 bits per heavy atom. The van der Waals surface area contributed by atoms with E-state index >= 15 is 0 Å². The van der Waals surface area contributed by atoms with Crippen molar-refractivity contribution in [3.05, 3.63) is 39.4 Å². The van der Waals surface area contributed by atoms with Crippen molar-refractivity contribution in [3.8, 4) is 0 Å². The van der Waals surface area contributed by atoms with Crippen molar-refractivity contribution < 1.29 is 24.7 Å². The fraction of sp³-hybridized carbons (Fsp3) is 0.385. The Labute approximate surface area is 125 Å². The van der Waals surface area contributed by atoms with E-state index in [1.54, 1.807) is 0 Å². The second kappa shape index (κ2) is 7.87. The lowest BCUT2D eigenvalue weighted by Gasteiger charge is -2.17. The average Bonchev–Trinajstić information content (AvgIpc) is 2.45. The molecule has 0 aliphatic heterocycles. The maximum absolute atomic E-state index is 11.0. The van der Waals surface area contributed by atoms with Crippen molar-refractivity contribution in [2.24, 2.45) is 0 Å². The first-order chi connectivity index (χ1) is 9.86. The van der Waals surface area contributed by atoms with Crippen molar-refractivity contribution >= 4 is 28.9 Å². The maximum Gasteiger partial charge on any atom is 0.276 e. The summed E-state index contributed by atoms with van der Waals surface area (Å²) in [5.41, 5.74) is -0.379. The highest BCUT2D eigenvalue weighted by Gasteiger charge is 2.26. The molecule has 1 aromatic rings. The summed E-state index contributed by atoms with van der Waals surface area (Å²) in [5.74, 6) is 0.299. The van der Waals surface area contributed by atoms with E-state index < -0.39 is 22.8 Å². The number of aldehydes is 1. The highest BCUT2D eigenvalue weighted by Crippen LogP contribution is 2.29. The summed E-state index contributed by atoms with van der Waals surface area (Å²) in [4.78, 5) is 31.7. The van der Waals surface area contributed by atoms with E-state index in [4.69, 9.17) is 0 Å². The normalized spacial score (nSPS) is 13.5. The summed E-state index contributed by atoms with van der Waals surface area (Å²) in [6.45, 7) is 1.39. The highest BCUT2D eigenvalue weighted by molar-refractivity contribution is 8.13. The molecule has 2 atom stereocenters. The number of nitrogens with zero attached hydrogens (tertiary/aromatic N) is 1. The van der Waals surface area contributed by atoms with Crippen molar-refractivity contribution in [1.82, 2.24) is 0 Å². The van der Waals surface area contributed by atoms with Gasteiger partial charge in [-0.3, -0.25) is 19.7 Å². The zero-order valence-electron chi connectivity index (χ0n) is 11.3. The zero-order valence-corrected chi connectivity index (χ0v) is 12.1. The summed E-state index contributed by atoms with van der Waals surface area (Å²) in [6, 6.07) is 3.62. The Balaban J connectivity index is 2.90. The number of aliphatic hydroxyl groups is 2. The van der Waals surface area contributed by atoms with Gasteiger partial charge < -0.3 is 10.2 Å².